The maximum atomic E-state index is 12.0. The number of hydrogen-bond donors (Lipinski definition) is 3. The molecule has 0 aromatic carbocycles. The van der Waals surface area contributed by atoms with Gasteiger partial charge in [-0.1, -0.05) is 41.5 Å². The number of aliphatic carboxylic acids is 1. The largest absolute Gasteiger partial charge is 0.480 e. The number of hydrogen-bond acceptors (Lipinski definition) is 3. The van der Waals surface area contributed by atoms with Crippen LogP contribution in [-0.2, 0) is 14.4 Å². The molecule has 0 spiro atoms. The van der Waals surface area contributed by atoms with Gasteiger partial charge in [0.15, 0.2) is 0 Å². The Morgan fingerprint density at radius 3 is 1.70 bits per heavy atom. The Morgan fingerprint density at radius 2 is 1.40 bits per heavy atom. The highest BCUT2D eigenvalue weighted by Gasteiger charge is 2.34. The fraction of sp³-hybridized carbons (Fsp3) is 0.786. The first-order chi connectivity index (χ1) is 8.76. The molecular formula is C14H26N2O4. The predicted molar refractivity (Wildman–Crippen MR) is 76.1 cm³/mol. The summed E-state index contributed by atoms with van der Waals surface area (Å²) in [7, 11) is 0. The van der Waals surface area contributed by atoms with Gasteiger partial charge in [0.05, 0.1) is 0 Å². The van der Waals surface area contributed by atoms with E-state index in [2.05, 4.69) is 10.6 Å². The van der Waals surface area contributed by atoms with E-state index in [4.69, 9.17) is 5.11 Å². The quantitative estimate of drug-likeness (QED) is 0.722. The van der Waals surface area contributed by atoms with E-state index in [0.29, 0.717) is 0 Å². The molecule has 3 N–H and O–H groups in total. The third-order valence-electron chi connectivity index (χ3n) is 2.82. The highest BCUT2D eigenvalue weighted by molar-refractivity contribution is 5.91. The molecule has 0 aliphatic carbocycles. The molecule has 2 unspecified atom stereocenters. The fourth-order valence-electron chi connectivity index (χ4n) is 1.39. The Hall–Kier alpha value is -1.59. The third kappa shape index (κ3) is 5.59. The summed E-state index contributed by atoms with van der Waals surface area (Å²) in [5, 5.41) is 14.2. The van der Waals surface area contributed by atoms with Crippen LogP contribution in [0.2, 0.25) is 0 Å². The van der Waals surface area contributed by atoms with Crippen molar-refractivity contribution in [1.82, 2.24) is 10.6 Å². The highest BCUT2D eigenvalue weighted by Crippen LogP contribution is 2.19. The van der Waals surface area contributed by atoms with Gasteiger partial charge in [0, 0.05) is 5.41 Å². The summed E-state index contributed by atoms with van der Waals surface area (Å²) in [6, 6.07) is -1.80. The van der Waals surface area contributed by atoms with Crippen LogP contribution in [0.4, 0.5) is 0 Å². The molecule has 0 aromatic rings. The minimum atomic E-state index is -1.10. The van der Waals surface area contributed by atoms with Crippen LogP contribution in [0.25, 0.3) is 0 Å². The van der Waals surface area contributed by atoms with E-state index < -0.39 is 34.8 Å². The average Bonchev–Trinajstić information content (AvgIpc) is 2.21. The smallest absolute Gasteiger partial charge is 0.326 e. The molecule has 116 valence electrons. The molecule has 0 aliphatic heterocycles. The third-order valence-corrected chi connectivity index (χ3v) is 2.82. The molecule has 2 atom stereocenters. The molecule has 0 aromatic heterocycles. The zero-order chi connectivity index (χ0) is 16.3. The summed E-state index contributed by atoms with van der Waals surface area (Å²) in [6.45, 7) is 11.9. The summed E-state index contributed by atoms with van der Waals surface area (Å²) in [6.07, 6.45) is 0. The van der Waals surface area contributed by atoms with E-state index in [1.165, 1.54) is 6.92 Å². The lowest BCUT2D eigenvalue weighted by Gasteiger charge is -2.29. The zero-order valence-electron chi connectivity index (χ0n) is 13.3. The van der Waals surface area contributed by atoms with E-state index in [0.717, 1.165) is 0 Å². The first kappa shape index (κ1) is 18.4. The van der Waals surface area contributed by atoms with Crippen LogP contribution in [0.15, 0.2) is 0 Å². The second kappa shape index (κ2) is 6.24. The van der Waals surface area contributed by atoms with Crippen molar-refractivity contribution >= 4 is 17.8 Å². The van der Waals surface area contributed by atoms with Crippen LogP contribution in [-0.4, -0.2) is 35.0 Å². The van der Waals surface area contributed by atoms with Crippen molar-refractivity contribution in [2.45, 2.75) is 60.5 Å². The van der Waals surface area contributed by atoms with Crippen molar-refractivity contribution in [2.24, 2.45) is 10.8 Å². The topological polar surface area (TPSA) is 95.5 Å². The second-order valence-corrected chi connectivity index (χ2v) is 7.09. The average molecular weight is 286 g/mol. The van der Waals surface area contributed by atoms with Crippen molar-refractivity contribution in [3.63, 3.8) is 0 Å². The van der Waals surface area contributed by atoms with Crippen LogP contribution >= 0.6 is 0 Å². The van der Waals surface area contributed by atoms with Gasteiger partial charge in [0.2, 0.25) is 11.8 Å². The van der Waals surface area contributed by atoms with Crippen molar-refractivity contribution in [3.05, 3.63) is 0 Å². The molecule has 0 fully saturated rings. The summed E-state index contributed by atoms with van der Waals surface area (Å²) in [5.74, 6) is -1.87. The Labute approximate surface area is 120 Å². The molecule has 0 saturated carbocycles. The number of carboxylic acids is 1. The molecule has 20 heavy (non-hydrogen) atoms. The van der Waals surface area contributed by atoms with Crippen molar-refractivity contribution in [3.8, 4) is 0 Å². The van der Waals surface area contributed by atoms with Crippen LogP contribution in [0.3, 0.4) is 0 Å². The van der Waals surface area contributed by atoms with Gasteiger partial charge in [-0.25, -0.2) is 4.79 Å². The standard InChI is InChI=1S/C14H26N2O4/c1-8(15-12(20)14(5,6)7)10(17)16-9(11(18)19)13(2,3)4/h8-9H,1-7H3,(H,15,20)(H,16,17)(H,18,19). The lowest BCUT2D eigenvalue weighted by atomic mass is 9.86. The first-order valence-corrected chi connectivity index (χ1v) is 6.61. The first-order valence-electron chi connectivity index (χ1n) is 6.61. The van der Waals surface area contributed by atoms with E-state index in [9.17, 15) is 14.4 Å². The van der Waals surface area contributed by atoms with Crippen LogP contribution in [0, 0.1) is 10.8 Å². The zero-order valence-corrected chi connectivity index (χ0v) is 13.3. The monoisotopic (exact) mass is 286 g/mol. The van der Waals surface area contributed by atoms with Crippen molar-refractivity contribution in [1.29, 1.82) is 0 Å². The number of nitrogens with one attached hydrogen (secondary N) is 2. The van der Waals surface area contributed by atoms with Crippen molar-refractivity contribution in [2.75, 3.05) is 0 Å². The predicted octanol–water partition coefficient (Wildman–Crippen LogP) is 1.15. The fourth-order valence-corrected chi connectivity index (χ4v) is 1.39. The Bertz CT molecular complexity index is 391. The lowest BCUT2D eigenvalue weighted by molar-refractivity contribution is -0.145. The summed E-state index contributed by atoms with van der Waals surface area (Å²) in [5.41, 5.74) is -1.22. The van der Waals surface area contributed by atoms with Gasteiger partial charge in [-0.3, -0.25) is 9.59 Å². The molecule has 0 saturated heterocycles. The van der Waals surface area contributed by atoms with Crippen LogP contribution < -0.4 is 10.6 Å². The van der Waals surface area contributed by atoms with Gasteiger partial charge < -0.3 is 15.7 Å². The van der Waals surface area contributed by atoms with E-state index in [-0.39, 0.29) is 5.91 Å². The Balaban J connectivity index is 4.76. The van der Waals surface area contributed by atoms with Gasteiger partial charge in [-0.2, -0.15) is 0 Å². The normalized spacial score (nSPS) is 15.2. The maximum absolute atomic E-state index is 12.0. The Kier molecular flexibility index (Phi) is 5.74. The number of carbonyl (C=O) groups is 3. The summed E-state index contributed by atoms with van der Waals surface area (Å²) >= 11 is 0. The molecule has 0 rings (SSSR count). The van der Waals surface area contributed by atoms with E-state index >= 15 is 0 Å². The second-order valence-electron chi connectivity index (χ2n) is 7.09. The molecule has 0 heterocycles. The van der Waals surface area contributed by atoms with Gasteiger partial charge in [-0.15, -0.1) is 0 Å². The van der Waals surface area contributed by atoms with Crippen molar-refractivity contribution < 1.29 is 19.5 Å². The molecular weight excluding hydrogens is 260 g/mol. The number of carbonyl (C=O) groups excluding carboxylic acids is 2. The molecule has 0 aliphatic rings. The van der Waals surface area contributed by atoms with Gasteiger partial charge in [0.1, 0.15) is 12.1 Å². The molecule has 6 nitrogen and oxygen atoms in total. The van der Waals surface area contributed by atoms with Gasteiger partial charge in [-0.05, 0) is 12.3 Å². The molecule has 2 amide bonds. The minimum absolute atomic E-state index is 0.261. The van der Waals surface area contributed by atoms with Crippen LogP contribution in [0.1, 0.15) is 48.5 Å². The summed E-state index contributed by atoms with van der Waals surface area (Å²) < 4.78 is 0. The number of amides is 2. The SMILES string of the molecule is CC(NC(=O)C(C)(C)C)C(=O)NC(C(=O)O)C(C)(C)C. The van der Waals surface area contributed by atoms with Crippen LogP contribution in [0.5, 0.6) is 0 Å². The van der Waals surface area contributed by atoms with Gasteiger partial charge in [0.25, 0.3) is 0 Å². The number of carboxylic acid groups (broad SMARTS) is 1. The van der Waals surface area contributed by atoms with E-state index in [1.807, 2.05) is 0 Å². The minimum Gasteiger partial charge on any atom is -0.480 e. The highest BCUT2D eigenvalue weighted by atomic mass is 16.4. The van der Waals surface area contributed by atoms with E-state index in [1.54, 1.807) is 41.5 Å². The Morgan fingerprint density at radius 1 is 0.950 bits per heavy atom. The summed E-state index contributed by atoms with van der Waals surface area (Å²) in [4.78, 5) is 35.0. The number of rotatable bonds is 4. The molecule has 0 bridgehead atoms. The molecule has 0 radical (unpaired) electrons. The van der Waals surface area contributed by atoms with Gasteiger partial charge >= 0.3 is 5.97 Å². The maximum Gasteiger partial charge on any atom is 0.326 e. The molecule has 6 heteroatoms. The lowest BCUT2D eigenvalue weighted by Crippen LogP contribution is -2.55.